The molecule has 1 aromatic heterocycles. The first kappa shape index (κ1) is 18.2. The van der Waals surface area contributed by atoms with Crippen LogP contribution in [0, 0.1) is 0 Å². The van der Waals surface area contributed by atoms with Crippen LogP contribution in [0.3, 0.4) is 0 Å². The first-order valence-electron chi connectivity index (χ1n) is 7.13. The summed E-state index contributed by atoms with van der Waals surface area (Å²) in [5, 5.41) is 1.39. The van der Waals surface area contributed by atoms with Gasteiger partial charge in [0.05, 0.1) is 5.75 Å². The van der Waals surface area contributed by atoms with Crippen LogP contribution in [-0.4, -0.2) is 23.7 Å². The number of aromatic nitrogens is 1. The number of aromatic amines is 1. The number of para-hydroxylation sites is 1. The van der Waals surface area contributed by atoms with Crippen LogP contribution in [0.1, 0.15) is 6.92 Å². The monoisotopic (exact) mass is 365 g/mol. The topological polar surface area (TPSA) is 87.2 Å². The Morgan fingerprint density at radius 2 is 1.67 bits per heavy atom. The van der Waals surface area contributed by atoms with Gasteiger partial charge in [-0.05, 0) is 36.8 Å². The molecular weight excluding hydrogens is 350 g/mol. The Morgan fingerprint density at radius 1 is 1.08 bits per heavy atom. The number of hydrogen-bond acceptors (Lipinski definition) is 3. The second kappa shape index (κ2) is 7.61. The van der Waals surface area contributed by atoms with Gasteiger partial charge in [0.2, 0.25) is 0 Å². The van der Waals surface area contributed by atoms with Gasteiger partial charge in [-0.15, -0.1) is 0 Å². The van der Waals surface area contributed by atoms with E-state index in [1.807, 2.05) is 48.5 Å². The quantitative estimate of drug-likeness (QED) is 0.677. The lowest BCUT2D eigenvalue weighted by Crippen LogP contribution is -2.02. The van der Waals surface area contributed by atoms with Crippen molar-refractivity contribution in [3.63, 3.8) is 0 Å². The third kappa shape index (κ3) is 4.92. The fourth-order valence-corrected chi connectivity index (χ4v) is 2.11. The van der Waals surface area contributed by atoms with E-state index in [-0.39, 0.29) is 11.2 Å². The van der Waals surface area contributed by atoms with Crippen LogP contribution in [0.2, 0.25) is 5.02 Å². The summed E-state index contributed by atoms with van der Waals surface area (Å²) >= 11 is 5.85. The molecule has 126 valence electrons. The van der Waals surface area contributed by atoms with Crippen molar-refractivity contribution >= 4 is 32.6 Å². The molecule has 3 aromatic rings. The SMILES string of the molecule is CCS(=O)(=O)O.O=c1cc(-c2ccc(Cl)cc2)[nH]c2ccccc12. The number of benzene rings is 2. The van der Waals surface area contributed by atoms with Gasteiger partial charge in [-0.3, -0.25) is 9.35 Å². The first-order valence-corrected chi connectivity index (χ1v) is 9.12. The van der Waals surface area contributed by atoms with E-state index in [1.165, 1.54) is 6.92 Å². The van der Waals surface area contributed by atoms with Crippen molar-refractivity contribution < 1.29 is 13.0 Å². The molecule has 0 bridgehead atoms. The molecule has 0 aliphatic carbocycles. The molecule has 1 heterocycles. The Hall–Kier alpha value is -2.15. The standard InChI is InChI=1S/C15H10ClNO.C2H6O3S/c16-11-7-5-10(6-8-11)14-9-15(18)12-3-1-2-4-13(12)17-14;1-2-6(3,4)5/h1-9H,(H,17,18);2H2,1H3,(H,3,4,5). The third-order valence-electron chi connectivity index (χ3n) is 3.26. The zero-order chi connectivity index (χ0) is 17.7. The summed E-state index contributed by atoms with van der Waals surface area (Å²) in [4.78, 5) is 15.3. The van der Waals surface area contributed by atoms with Crippen molar-refractivity contribution in [3.8, 4) is 11.3 Å². The van der Waals surface area contributed by atoms with Crippen LogP contribution in [0.5, 0.6) is 0 Å². The maximum Gasteiger partial charge on any atom is 0.264 e. The van der Waals surface area contributed by atoms with E-state index in [0.717, 1.165) is 16.8 Å². The van der Waals surface area contributed by atoms with E-state index in [1.54, 1.807) is 6.07 Å². The molecule has 0 aliphatic heterocycles. The summed E-state index contributed by atoms with van der Waals surface area (Å²) in [7, 11) is -3.66. The smallest absolute Gasteiger partial charge is 0.264 e. The minimum atomic E-state index is -3.66. The van der Waals surface area contributed by atoms with E-state index >= 15 is 0 Å². The number of fused-ring (bicyclic) bond motifs is 1. The highest BCUT2D eigenvalue weighted by Crippen LogP contribution is 2.20. The van der Waals surface area contributed by atoms with Crippen molar-refractivity contribution in [1.82, 2.24) is 4.98 Å². The second-order valence-corrected chi connectivity index (χ2v) is 7.15. The predicted octanol–water partition coefficient (Wildman–Crippen LogP) is 3.74. The summed E-state index contributed by atoms with van der Waals surface area (Å²) in [6.45, 7) is 1.37. The maximum atomic E-state index is 12.0. The van der Waals surface area contributed by atoms with Gasteiger partial charge in [-0.2, -0.15) is 8.42 Å². The van der Waals surface area contributed by atoms with E-state index in [2.05, 4.69) is 4.98 Å². The van der Waals surface area contributed by atoms with Crippen molar-refractivity contribution in [1.29, 1.82) is 0 Å². The summed E-state index contributed by atoms with van der Waals surface area (Å²) in [6, 6.07) is 16.5. The third-order valence-corrected chi connectivity index (χ3v) is 4.24. The summed E-state index contributed by atoms with van der Waals surface area (Å²) in [5.74, 6) is -0.201. The number of halogens is 1. The zero-order valence-corrected chi connectivity index (χ0v) is 14.4. The molecular formula is C17H16ClNO4S. The van der Waals surface area contributed by atoms with Crippen molar-refractivity contribution in [2.45, 2.75) is 6.92 Å². The molecule has 0 amide bonds. The van der Waals surface area contributed by atoms with Crippen molar-refractivity contribution in [2.24, 2.45) is 0 Å². The molecule has 2 N–H and O–H groups in total. The number of hydrogen-bond donors (Lipinski definition) is 2. The van der Waals surface area contributed by atoms with Crippen LogP contribution in [0.25, 0.3) is 22.2 Å². The molecule has 5 nitrogen and oxygen atoms in total. The number of nitrogens with one attached hydrogen (secondary N) is 1. The molecule has 0 spiro atoms. The molecule has 0 radical (unpaired) electrons. The van der Waals surface area contributed by atoms with Gasteiger partial charge in [0.1, 0.15) is 0 Å². The molecule has 0 atom stereocenters. The van der Waals surface area contributed by atoms with E-state index in [9.17, 15) is 13.2 Å². The van der Waals surface area contributed by atoms with Crippen LogP contribution in [-0.2, 0) is 10.1 Å². The van der Waals surface area contributed by atoms with Gasteiger partial charge < -0.3 is 4.98 Å². The molecule has 3 rings (SSSR count). The van der Waals surface area contributed by atoms with E-state index in [4.69, 9.17) is 16.2 Å². The largest absolute Gasteiger partial charge is 0.354 e. The fourth-order valence-electron chi connectivity index (χ4n) is 1.98. The van der Waals surface area contributed by atoms with Gasteiger partial charge in [0.25, 0.3) is 10.1 Å². The summed E-state index contributed by atoms with van der Waals surface area (Å²) in [5.41, 5.74) is 2.61. The Kier molecular flexibility index (Phi) is 5.77. The van der Waals surface area contributed by atoms with Crippen molar-refractivity contribution in [2.75, 3.05) is 5.75 Å². The average Bonchev–Trinajstić information content (AvgIpc) is 2.55. The minimum Gasteiger partial charge on any atom is -0.354 e. The molecule has 7 heteroatoms. The Bertz CT molecular complexity index is 995. The Balaban J connectivity index is 0.000000301. The number of H-pyrrole nitrogens is 1. The molecule has 0 aliphatic rings. The summed E-state index contributed by atoms with van der Waals surface area (Å²) < 4.78 is 26.9. The maximum absolute atomic E-state index is 12.0. The van der Waals surface area contributed by atoms with Crippen LogP contribution in [0.15, 0.2) is 59.4 Å². The van der Waals surface area contributed by atoms with Gasteiger partial charge in [-0.25, -0.2) is 0 Å². The van der Waals surface area contributed by atoms with Crippen LogP contribution >= 0.6 is 11.6 Å². The van der Waals surface area contributed by atoms with E-state index in [0.29, 0.717) is 10.4 Å². The van der Waals surface area contributed by atoms with Gasteiger partial charge in [0, 0.05) is 27.7 Å². The van der Waals surface area contributed by atoms with Gasteiger partial charge in [-0.1, -0.05) is 35.9 Å². The highest BCUT2D eigenvalue weighted by atomic mass is 35.5. The highest BCUT2D eigenvalue weighted by Gasteiger charge is 2.03. The molecule has 0 fully saturated rings. The molecule has 0 saturated heterocycles. The normalized spacial score (nSPS) is 11.0. The first-order chi connectivity index (χ1) is 11.3. The number of pyridine rings is 1. The lowest BCUT2D eigenvalue weighted by Gasteiger charge is -2.04. The van der Waals surface area contributed by atoms with Gasteiger partial charge in [0.15, 0.2) is 5.43 Å². The van der Waals surface area contributed by atoms with Crippen molar-refractivity contribution in [3.05, 3.63) is 69.8 Å². The summed E-state index contributed by atoms with van der Waals surface area (Å²) in [6.07, 6.45) is 0. The fraction of sp³-hybridized carbons (Fsp3) is 0.118. The number of rotatable bonds is 2. The molecule has 0 saturated carbocycles. The zero-order valence-electron chi connectivity index (χ0n) is 12.9. The second-order valence-electron chi connectivity index (χ2n) is 4.97. The molecule has 24 heavy (non-hydrogen) atoms. The van der Waals surface area contributed by atoms with Crippen LogP contribution < -0.4 is 5.43 Å². The highest BCUT2D eigenvalue weighted by molar-refractivity contribution is 7.85. The Morgan fingerprint density at radius 3 is 2.25 bits per heavy atom. The van der Waals surface area contributed by atoms with Crippen LogP contribution in [0.4, 0.5) is 0 Å². The van der Waals surface area contributed by atoms with Gasteiger partial charge >= 0.3 is 0 Å². The lowest BCUT2D eigenvalue weighted by atomic mass is 10.1. The average molecular weight is 366 g/mol. The lowest BCUT2D eigenvalue weighted by molar-refractivity contribution is 0.484. The Labute approximate surface area is 144 Å². The van der Waals surface area contributed by atoms with E-state index < -0.39 is 10.1 Å². The molecule has 2 aromatic carbocycles. The molecule has 0 unspecified atom stereocenters. The predicted molar refractivity (Wildman–Crippen MR) is 97.1 cm³/mol. The minimum absolute atomic E-state index is 0.0225.